The summed E-state index contributed by atoms with van der Waals surface area (Å²) in [6, 6.07) is 0. The number of rotatable bonds is 4. The van der Waals surface area contributed by atoms with Crippen LogP contribution in [-0.2, 0) is 9.47 Å². The number of ether oxygens (including phenoxy) is 2. The molecule has 2 aliphatic rings. The molecule has 3 heteroatoms. The Morgan fingerprint density at radius 3 is 2.25 bits per heavy atom. The van der Waals surface area contributed by atoms with Gasteiger partial charge in [-0.3, -0.25) is 0 Å². The van der Waals surface area contributed by atoms with Crippen molar-refractivity contribution in [3.05, 3.63) is 0 Å². The number of aliphatic hydroxyl groups excluding tert-OH is 1. The zero-order chi connectivity index (χ0) is 12.0. The molecule has 0 bridgehead atoms. The average Bonchev–Trinajstić information content (AvgIpc) is 2.56. The monoisotopic (exact) mass is 228 g/mol. The zero-order valence-electron chi connectivity index (χ0n) is 10.8. The first-order valence-corrected chi connectivity index (χ1v) is 6.31. The molecule has 16 heavy (non-hydrogen) atoms. The van der Waals surface area contributed by atoms with E-state index in [4.69, 9.17) is 9.47 Å². The van der Waals surface area contributed by atoms with E-state index in [9.17, 15) is 5.11 Å². The van der Waals surface area contributed by atoms with Gasteiger partial charge in [-0.2, -0.15) is 0 Å². The van der Waals surface area contributed by atoms with Crippen LogP contribution in [0.4, 0.5) is 0 Å². The van der Waals surface area contributed by atoms with Crippen molar-refractivity contribution in [3.8, 4) is 0 Å². The molecular weight excluding hydrogens is 204 g/mol. The minimum absolute atomic E-state index is 0.201. The zero-order valence-corrected chi connectivity index (χ0v) is 10.8. The van der Waals surface area contributed by atoms with Gasteiger partial charge >= 0.3 is 0 Å². The van der Waals surface area contributed by atoms with Crippen molar-refractivity contribution in [2.24, 2.45) is 17.3 Å². The van der Waals surface area contributed by atoms with E-state index in [1.54, 1.807) is 0 Å². The van der Waals surface area contributed by atoms with Crippen molar-refractivity contribution in [3.63, 3.8) is 0 Å². The molecule has 0 spiro atoms. The van der Waals surface area contributed by atoms with Crippen LogP contribution in [0, 0.1) is 17.3 Å². The predicted octanol–water partition coefficient (Wildman–Crippen LogP) is 2.18. The minimum Gasteiger partial charge on any atom is -0.393 e. The van der Waals surface area contributed by atoms with Crippen LogP contribution >= 0.6 is 0 Å². The number of hydrogen-bond acceptors (Lipinski definition) is 3. The second kappa shape index (κ2) is 3.97. The predicted molar refractivity (Wildman–Crippen MR) is 62.0 cm³/mol. The van der Waals surface area contributed by atoms with Crippen LogP contribution in [-0.4, -0.2) is 30.2 Å². The van der Waals surface area contributed by atoms with Gasteiger partial charge in [-0.1, -0.05) is 13.8 Å². The summed E-state index contributed by atoms with van der Waals surface area (Å²) in [5, 5.41) is 9.48. The van der Waals surface area contributed by atoms with E-state index in [1.165, 1.54) is 0 Å². The van der Waals surface area contributed by atoms with Crippen molar-refractivity contribution in [1.82, 2.24) is 0 Å². The van der Waals surface area contributed by atoms with Crippen molar-refractivity contribution in [2.75, 3.05) is 13.2 Å². The molecule has 1 heterocycles. The lowest BCUT2D eigenvalue weighted by Gasteiger charge is -2.23. The topological polar surface area (TPSA) is 38.7 Å². The third-order valence-corrected chi connectivity index (χ3v) is 4.37. The van der Waals surface area contributed by atoms with Crippen LogP contribution in [0.1, 0.15) is 40.5 Å². The van der Waals surface area contributed by atoms with E-state index >= 15 is 0 Å². The maximum Gasteiger partial charge on any atom is 0.166 e. The Kier molecular flexibility index (Phi) is 3.06. The standard InChI is InChI=1S/C13H24O3/c1-9(14)7-10-11(12(10,2)3)8-13(4)15-5-6-16-13/h9-11,14H,5-8H2,1-4H3/t9-,10+,11-/m1/s1. The van der Waals surface area contributed by atoms with E-state index in [0.717, 1.165) is 12.8 Å². The van der Waals surface area contributed by atoms with E-state index in [-0.39, 0.29) is 11.9 Å². The molecule has 94 valence electrons. The quantitative estimate of drug-likeness (QED) is 0.801. The molecule has 0 aromatic rings. The molecule has 0 radical (unpaired) electrons. The average molecular weight is 228 g/mol. The Bertz CT molecular complexity index is 254. The van der Waals surface area contributed by atoms with Crippen molar-refractivity contribution in [2.45, 2.75) is 52.4 Å². The summed E-state index contributed by atoms with van der Waals surface area (Å²) in [6.45, 7) is 9.89. The van der Waals surface area contributed by atoms with Gasteiger partial charge in [0.15, 0.2) is 5.79 Å². The highest BCUT2D eigenvalue weighted by Gasteiger charge is 2.59. The van der Waals surface area contributed by atoms with Gasteiger partial charge in [0.1, 0.15) is 0 Å². The van der Waals surface area contributed by atoms with Crippen molar-refractivity contribution < 1.29 is 14.6 Å². The lowest BCUT2D eigenvalue weighted by molar-refractivity contribution is -0.151. The minimum atomic E-state index is -0.380. The highest BCUT2D eigenvalue weighted by Crippen LogP contribution is 2.63. The van der Waals surface area contributed by atoms with Crippen molar-refractivity contribution >= 4 is 0 Å². The molecule has 3 nitrogen and oxygen atoms in total. The third-order valence-electron chi connectivity index (χ3n) is 4.37. The van der Waals surface area contributed by atoms with Crippen LogP contribution < -0.4 is 0 Å². The summed E-state index contributed by atoms with van der Waals surface area (Å²) < 4.78 is 11.3. The lowest BCUT2D eigenvalue weighted by atomic mass is 10.0. The Hall–Kier alpha value is -0.120. The van der Waals surface area contributed by atoms with E-state index in [2.05, 4.69) is 13.8 Å². The van der Waals surface area contributed by atoms with Crippen LogP contribution in [0.15, 0.2) is 0 Å². The Labute approximate surface area is 98.1 Å². The van der Waals surface area contributed by atoms with E-state index in [1.807, 2.05) is 13.8 Å². The van der Waals surface area contributed by atoms with Crippen LogP contribution in [0.25, 0.3) is 0 Å². The summed E-state index contributed by atoms with van der Waals surface area (Å²) in [5.41, 5.74) is 0.329. The van der Waals surface area contributed by atoms with Gasteiger partial charge in [0.2, 0.25) is 0 Å². The smallest absolute Gasteiger partial charge is 0.166 e. The molecule has 1 aliphatic carbocycles. The Morgan fingerprint density at radius 1 is 1.19 bits per heavy atom. The summed E-state index contributed by atoms with van der Waals surface area (Å²) in [7, 11) is 0. The van der Waals surface area contributed by atoms with E-state index < -0.39 is 0 Å². The third kappa shape index (κ3) is 2.27. The lowest BCUT2D eigenvalue weighted by Crippen LogP contribution is -2.27. The summed E-state index contributed by atoms with van der Waals surface area (Å²) in [6.07, 6.45) is 1.65. The van der Waals surface area contributed by atoms with Crippen LogP contribution in [0.5, 0.6) is 0 Å². The van der Waals surface area contributed by atoms with Gasteiger partial charge in [0, 0.05) is 6.42 Å². The van der Waals surface area contributed by atoms with Crippen LogP contribution in [0.3, 0.4) is 0 Å². The highest BCUT2D eigenvalue weighted by atomic mass is 16.7. The van der Waals surface area contributed by atoms with Gasteiger partial charge < -0.3 is 14.6 Å². The molecule has 1 saturated heterocycles. The summed E-state index contributed by atoms with van der Waals surface area (Å²) >= 11 is 0. The fourth-order valence-electron chi connectivity index (χ4n) is 3.17. The maximum absolute atomic E-state index is 9.48. The van der Waals surface area contributed by atoms with Crippen molar-refractivity contribution in [1.29, 1.82) is 0 Å². The van der Waals surface area contributed by atoms with Gasteiger partial charge in [0.25, 0.3) is 0 Å². The summed E-state index contributed by atoms with van der Waals surface area (Å²) in [4.78, 5) is 0. The maximum atomic E-state index is 9.48. The Morgan fingerprint density at radius 2 is 1.75 bits per heavy atom. The van der Waals surface area contributed by atoms with Gasteiger partial charge in [-0.15, -0.1) is 0 Å². The second-order valence-corrected chi connectivity index (χ2v) is 6.15. The number of aliphatic hydroxyl groups is 1. The highest BCUT2D eigenvalue weighted by molar-refractivity contribution is 5.06. The van der Waals surface area contributed by atoms with Crippen LogP contribution in [0.2, 0.25) is 0 Å². The molecule has 2 rings (SSSR count). The molecule has 0 amide bonds. The fraction of sp³-hybridized carbons (Fsp3) is 1.00. The number of hydrogen-bond donors (Lipinski definition) is 1. The molecule has 0 aromatic carbocycles. The molecule has 2 fully saturated rings. The first-order valence-electron chi connectivity index (χ1n) is 6.31. The molecule has 1 N–H and O–H groups in total. The largest absolute Gasteiger partial charge is 0.393 e. The van der Waals surface area contributed by atoms with Gasteiger partial charge in [-0.05, 0) is 37.5 Å². The molecule has 0 aromatic heterocycles. The normalized spacial score (nSPS) is 37.3. The first-order chi connectivity index (χ1) is 7.35. The molecule has 1 aliphatic heterocycles. The summed E-state index contributed by atoms with van der Waals surface area (Å²) in [5.74, 6) is 0.845. The van der Waals surface area contributed by atoms with Gasteiger partial charge in [0.05, 0.1) is 19.3 Å². The van der Waals surface area contributed by atoms with E-state index in [0.29, 0.717) is 30.5 Å². The Balaban J connectivity index is 1.91. The fourth-order valence-corrected chi connectivity index (χ4v) is 3.17. The molecular formula is C13H24O3. The van der Waals surface area contributed by atoms with Gasteiger partial charge in [-0.25, -0.2) is 0 Å². The SMILES string of the molecule is C[C@@H](O)C[C@H]1[C@@H](CC2(C)OCCO2)C1(C)C. The molecule has 0 unspecified atom stereocenters. The molecule has 1 saturated carbocycles. The second-order valence-electron chi connectivity index (χ2n) is 6.15. The molecule has 3 atom stereocenters. The first kappa shape index (κ1) is 12.3.